The predicted molar refractivity (Wildman–Crippen MR) is 108 cm³/mol. The molecule has 0 spiro atoms. The molecule has 2 aromatic heterocycles. The highest BCUT2D eigenvalue weighted by atomic mass is 19.1. The molecule has 0 aliphatic heterocycles. The second kappa shape index (κ2) is 6.87. The molecule has 1 aliphatic rings. The monoisotopic (exact) mass is 376 g/mol. The first kappa shape index (κ1) is 17.1. The molecular formula is C22H21FN4O. The average Bonchev–Trinajstić information content (AvgIpc) is 3.12. The van der Waals surface area contributed by atoms with Crippen LogP contribution in [0.5, 0.6) is 0 Å². The fourth-order valence-corrected chi connectivity index (χ4v) is 3.95. The second-order valence-electron chi connectivity index (χ2n) is 7.49. The van der Waals surface area contributed by atoms with E-state index in [4.69, 9.17) is 5.10 Å². The Kier molecular flexibility index (Phi) is 4.20. The SMILES string of the molecule is O[C@H]1CC[C@H](Nc2ccc3ncc(-c4ccc5cc(F)ccc5c4)n3n2)CC1. The number of nitrogens with one attached hydrogen (secondary N) is 1. The van der Waals surface area contributed by atoms with Crippen molar-refractivity contribution in [3.8, 4) is 11.3 Å². The summed E-state index contributed by atoms with van der Waals surface area (Å²) in [5.74, 6) is 0.568. The van der Waals surface area contributed by atoms with Crippen molar-refractivity contribution in [3.05, 3.63) is 60.5 Å². The van der Waals surface area contributed by atoms with Gasteiger partial charge in [-0.05, 0) is 66.8 Å². The van der Waals surface area contributed by atoms with Crippen molar-refractivity contribution in [1.29, 1.82) is 0 Å². The number of benzene rings is 2. The molecule has 5 nitrogen and oxygen atoms in total. The topological polar surface area (TPSA) is 62.5 Å². The lowest BCUT2D eigenvalue weighted by Gasteiger charge is -2.26. The Morgan fingerprint density at radius 2 is 1.75 bits per heavy atom. The van der Waals surface area contributed by atoms with Gasteiger partial charge in [-0.1, -0.05) is 18.2 Å². The molecule has 4 aromatic rings. The molecule has 0 amide bonds. The van der Waals surface area contributed by atoms with Gasteiger partial charge in [0.25, 0.3) is 0 Å². The van der Waals surface area contributed by atoms with E-state index >= 15 is 0 Å². The third-order valence-electron chi connectivity index (χ3n) is 5.51. The fraction of sp³-hybridized carbons (Fsp3) is 0.273. The summed E-state index contributed by atoms with van der Waals surface area (Å²) in [7, 11) is 0. The van der Waals surface area contributed by atoms with Crippen molar-refractivity contribution in [1.82, 2.24) is 14.6 Å². The average molecular weight is 376 g/mol. The summed E-state index contributed by atoms with van der Waals surface area (Å²) in [6.45, 7) is 0. The van der Waals surface area contributed by atoms with E-state index in [9.17, 15) is 9.50 Å². The minimum atomic E-state index is -0.234. The van der Waals surface area contributed by atoms with Gasteiger partial charge < -0.3 is 10.4 Å². The zero-order valence-electron chi connectivity index (χ0n) is 15.3. The smallest absolute Gasteiger partial charge is 0.154 e. The summed E-state index contributed by atoms with van der Waals surface area (Å²) in [5.41, 5.74) is 2.65. The van der Waals surface area contributed by atoms with Gasteiger partial charge in [-0.3, -0.25) is 0 Å². The number of nitrogens with zero attached hydrogens (tertiary/aromatic N) is 3. The molecule has 0 unspecified atom stereocenters. The Hall–Kier alpha value is -2.99. The van der Waals surface area contributed by atoms with Gasteiger partial charge in [0.1, 0.15) is 11.6 Å². The lowest BCUT2D eigenvalue weighted by Crippen LogP contribution is -2.28. The van der Waals surface area contributed by atoms with E-state index in [0.717, 1.165) is 59.2 Å². The van der Waals surface area contributed by atoms with Crippen LogP contribution in [-0.4, -0.2) is 31.9 Å². The molecule has 0 atom stereocenters. The van der Waals surface area contributed by atoms with E-state index in [1.807, 2.05) is 41.0 Å². The fourth-order valence-electron chi connectivity index (χ4n) is 3.95. The number of aliphatic hydroxyl groups is 1. The van der Waals surface area contributed by atoms with E-state index in [1.165, 1.54) is 12.1 Å². The Morgan fingerprint density at radius 3 is 2.61 bits per heavy atom. The zero-order chi connectivity index (χ0) is 19.1. The number of anilines is 1. The van der Waals surface area contributed by atoms with Crippen LogP contribution in [0.2, 0.25) is 0 Å². The molecule has 28 heavy (non-hydrogen) atoms. The summed E-state index contributed by atoms with van der Waals surface area (Å²) < 4.78 is 15.3. The molecule has 2 heterocycles. The van der Waals surface area contributed by atoms with Crippen molar-refractivity contribution < 1.29 is 9.50 Å². The Bertz CT molecular complexity index is 1150. The van der Waals surface area contributed by atoms with Crippen LogP contribution < -0.4 is 5.32 Å². The van der Waals surface area contributed by atoms with Crippen LogP contribution in [-0.2, 0) is 0 Å². The molecule has 1 fully saturated rings. The van der Waals surface area contributed by atoms with E-state index in [1.54, 1.807) is 6.07 Å². The third-order valence-corrected chi connectivity index (χ3v) is 5.51. The van der Waals surface area contributed by atoms with Crippen molar-refractivity contribution in [2.75, 3.05) is 5.32 Å². The molecule has 0 radical (unpaired) electrons. The largest absolute Gasteiger partial charge is 0.393 e. The standard InChI is InChI=1S/C22H21FN4O/c23-17-4-3-14-11-16(2-1-15(14)12-17)20-13-24-22-10-9-21(26-27(20)22)25-18-5-7-19(28)8-6-18/h1-4,9-13,18-19,28H,5-8H2,(H,25,26)/t18-,19-. The Morgan fingerprint density at radius 1 is 0.964 bits per heavy atom. The molecule has 1 saturated carbocycles. The van der Waals surface area contributed by atoms with Crippen LogP contribution in [0.15, 0.2) is 54.7 Å². The van der Waals surface area contributed by atoms with E-state index in [2.05, 4.69) is 10.3 Å². The molecule has 2 N–H and O–H groups in total. The highest BCUT2D eigenvalue weighted by Crippen LogP contribution is 2.26. The van der Waals surface area contributed by atoms with Gasteiger partial charge in [0, 0.05) is 11.6 Å². The van der Waals surface area contributed by atoms with Crippen molar-refractivity contribution in [3.63, 3.8) is 0 Å². The van der Waals surface area contributed by atoms with Gasteiger partial charge in [-0.2, -0.15) is 0 Å². The number of halogens is 1. The maximum Gasteiger partial charge on any atom is 0.154 e. The second-order valence-corrected chi connectivity index (χ2v) is 7.49. The van der Waals surface area contributed by atoms with Crippen LogP contribution >= 0.6 is 0 Å². The van der Waals surface area contributed by atoms with Crippen LogP contribution in [0.4, 0.5) is 10.2 Å². The molecular weight excluding hydrogens is 355 g/mol. The molecule has 5 rings (SSSR count). The van der Waals surface area contributed by atoms with Crippen molar-refractivity contribution >= 4 is 22.2 Å². The first-order chi connectivity index (χ1) is 13.7. The van der Waals surface area contributed by atoms with Crippen LogP contribution in [0, 0.1) is 5.82 Å². The van der Waals surface area contributed by atoms with Crippen LogP contribution in [0.25, 0.3) is 27.7 Å². The van der Waals surface area contributed by atoms with Gasteiger partial charge in [0.2, 0.25) is 0 Å². The van der Waals surface area contributed by atoms with E-state index < -0.39 is 0 Å². The number of rotatable bonds is 3. The number of fused-ring (bicyclic) bond motifs is 2. The highest BCUT2D eigenvalue weighted by molar-refractivity contribution is 5.87. The Labute approximate surface area is 161 Å². The van der Waals surface area contributed by atoms with E-state index in [0.29, 0.717) is 6.04 Å². The molecule has 142 valence electrons. The normalized spacial score (nSPS) is 19.9. The lowest BCUT2D eigenvalue weighted by atomic mass is 9.93. The summed E-state index contributed by atoms with van der Waals surface area (Å²) in [5, 5.41) is 19.8. The van der Waals surface area contributed by atoms with Crippen LogP contribution in [0.1, 0.15) is 25.7 Å². The molecule has 6 heteroatoms. The number of imidazole rings is 1. The lowest BCUT2D eigenvalue weighted by molar-refractivity contribution is 0.126. The molecule has 0 bridgehead atoms. The minimum absolute atomic E-state index is 0.171. The highest BCUT2D eigenvalue weighted by Gasteiger charge is 2.19. The quantitative estimate of drug-likeness (QED) is 0.556. The first-order valence-corrected chi connectivity index (χ1v) is 9.65. The van der Waals surface area contributed by atoms with Crippen molar-refractivity contribution in [2.24, 2.45) is 0 Å². The maximum atomic E-state index is 13.4. The van der Waals surface area contributed by atoms with Crippen molar-refractivity contribution in [2.45, 2.75) is 37.8 Å². The third kappa shape index (κ3) is 3.20. The summed E-state index contributed by atoms with van der Waals surface area (Å²) >= 11 is 0. The van der Waals surface area contributed by atoms with E-state index in [-0.39, 0.29) is 11.9 Å². The summed E-state index contributed by atoms with van der Waals surface area (Å²) in [4.78, 5) is 4.47. The molecule has 1 aliphatic carbocycles. The summed E-state index contributed by atoms with van der Waals surface area (Å²) in [6, 6.07) is 14.9. The zero-order valence-corrected chi connectivity index (χ0v) is 15.3. The maximum absolute atomic E-state index is 13.4. The number of aromatic nitrogens is 3. The number of hydrogen-bond acceptors (Lipinski definition) is 4. The first-order valence-electron chi connectivity index (χ1n) is 9.65. The van der Waals surface area contributed by atoms with Gasteiger partial charge >= 0.3 is 0 Å². The van der Waals surface area contributed by atoms with Gasteiger partial charge in [-0.25, -0.2) is 13.9 Å². The van der Waals surface area contributed by atoms with Gasteiger partial charge in [0.05, 0.1) is 18.0 Å². The van der Waals surface area contributed by atoms with Gasteiger partial charge in [-0.15, -0.1) is 5.10 Å². The number of hydrogen-bond donors (Lipinski definition) is 2. The minimum Gasteiger partial charge on any atom is -0.393 e. The molecule has 2 aromatic carbocycles. The summed E-state index contributed by atoms with van der Waals surface area (Å²) in [6.07, 6.45) is 5.18. The van der Waals surface area contributed by atoms with Crippen LogP contribution in [0.3, 0.4) is 0 Å². The predicted octanol–water partition coefficient (Wildman–Crippen LogP) is 4.40. The number of aliphatic hydroxyl groups excluding tert-OH is 1. The molecule has 0 saturated heterocycles. The van der Waals surface area contributed by atoms with Gasteiger partial charge in [0.15, 0.2) is 5.65 Å². The Balaban J connectivity index is 1.49.